The predicted octanol–water partition coefficient (Wildman–Crippen LogP) is 1.34. The second-order valence-corrected chi connectivity index (χ2v) is 4.92. The molecule has 0 aliphatic carbocycles. The molecule has 1 aromatic carbocycles. The van der Waals surface area contributed by atoms with Crippen molar-refractivity contribution >= 4 is 22.5 Å². The van der Waals surface area contributed by atoms with Crippen LogP contribution < -0.4 is 10.2 Å². The number of non-ortho nitro benzene ring substituents is 1. The molecule has 1 aliphatic heterocycles. The first-order chi connectivity index (χ1) is 9.65. The van der Waals surface area contributed by atoms with Gasteiger partial charge in [0.25, 0.3) is 5.69 Å². The number of nitrogens with one attached hydrogen (secondary N) is 1. The molecule has 1 N–H and O–H groups in total. The molecule has 7 nitrogen and oxygen atoms in total. The van der Waals surface area contributed by atoms with Crippen molar-refractivity contribution in [3.8, 4) is 0 Å². The van der Waals surface area contributed by atoms with E-state index in [1.165, 1.54) is 12.1 Å². The minimum absolute atomic E-state index is 0.0351. The van der Waals surface area contributed by atoms with E-state index in [0.717, 1.165) is 25.3 Å². The number of aromatic nitrogens is 2. The molecular formula is C13H15N5O2. The van der Waals surface area contributed by atoms with E-state index in [-0.39, 0.29) is 5.69 Å². The third-order valence-electron chi connectivity index (χ3n) is 3.67. The molecule has 0 bridgehead atoms. The molecule has 2 aromatic rings. The number of likely N-dealkylation sites (N-methyl/N-ethyl adjacent to an activating group) is 1. The molecule has 0 amide bonds. The van der Waals surface area contributed by atoms with Crippen LogP contribution in [-0.4, -0.2) is 41.1 Å². The Kier molecular flexibility index (Phi) is 3.19. The largest absolute Gasteiger partial charge is 0.354 e. The molecule has 3 rings (SSSR count). The molecule has 2 heterocycles. The van der Waals surface area contributed by atoms with Gasteiger partial charge in [0.15, 0.2) is 0 Å². The third kappa shape index (κ3) is 2.27. The molecule has 1 atom stereocenters. The van der Waals surface area contributed by atoms with Gasteiger partial charge in [-0.3, -0.25) is 15.1 Å². The van der Waals surface area contributed by atoms with Crippen LogP contribution in [-0.2, 0) is 0 Å². The maximum atomic E-state index is 10.7. The van der Waals surface area contributed by atoms with Crippen LogP contribution in [0.5, 0.6) is 0 Å². The fourth-order valence-corrected chi connectivity index (χ4v) is 2.43. The summed E-state index contributed by atoms with van der Waals surface area (Å²) in [5.41, 5.74) is 1.25. The first kappa shape index (κ1) is 12.7. The van der Waals surface area contributed by atoms with E-state index >= 15 is 0 Å². The SMILES string of the molecule is CN(c1cnc2cc([N+](=O)[O-])ccc2n1)[C@H]1CCNC1. The van der Waals surface area contributed by atoms with Gasteiger partial charge in [0, 0.05) is 31.8 Å². The first-order valence-electron chi connectivity index (χ1n) is 6.50. The van der Waals surface area contributed by atoms with Gasteiger partial charge in [0.1, 0.15) is 5.82 Å². The Morgan fingerprint density at radius 3 is 3.00 bits per heavy atom. The first-order valence-corrected chi connectivity index (χ1v) is 6.50. The van der Waals surface area contributed by atoms with E-state index in [0.29, 0.717) is 17.1 Å². The number of fused-ring (bicyclic) bond motifs is 1. The van der Waals surface area contributed by atoms with Crippen molar-refractivity contribution in [2.75, 3.05) is 25.0 Å². The van der Waals surface area contributed by atoms with Gasteiger partial charge in [-0.05, 0) is 19.0 Å². The van der Waals surface area contributed by atoms with Crippen LogP contribution in [0.4, 0.5) is 11.5 Å². The summed E-state index contributed by atoms with van der Waals surface area (Å²) in [5.74, 6) is 0.792. The highest BCUT2D eigenvalue weighted by atomic mass is 16.6. The standard InChI is InChI=1S/C13H15N5O2/c1-17(10-4-5-14-7-10)13-8-15-12-6-9(18(19)20)2-3-11(12)16-13/h2-3,6,8,10,14H,4-5,7H2,1H3/t10-/m0/s1. The summed E-state index contributed by atoms with van der Waals surface area (Å²) < 4.78 is 0. The summed E-state index contributed by atoms with van der Waals surface area (Å²) in [4.78, 5) is 21.2. The zero-order chi connectivity index (χ0) is 14.1. The van der Waals surface area contributed by atoms with Gasteiger partial charge < -0.3 is 10.2 Å². The third-order valence-corrected chi connectivity index (χ3v) is 3.67. The van der Waals surface area contributed by atoms with Crippen molar-refractivity contribution in [2.24, 2.45) is 0 Å². The second kappa shape index (κ2) is 5.01. The summed E-state index contributed by atoms with van der Waals surface area (Å²) >= 11 is 0. The Hall–Kier alpha value is -2.28. The van der Waals surface area contributed by atoms with E-state index in [2.05, 4.69) is 20.2 Å². The van der Waals surface area contributed by atoms with Gasteiger partial charge >= 0.3 is 0 Å². The highest BCUT2D eigenvalue weighted by Gasteiger charge is 2.20. The van der Waals surface area contributed by atoms with Crippen molar-refractivity contribution in [1.29, 1.82) is 0 Å². The number of hydrogen-bond donors (Lipinski definition) is 1. The highest BCUT2D eigenvalue weighted by Crippen LogP contribution is 2.21. The lowest BCUT2D eigenvalue weighted by molar-refractivity contribution is -0.384. The lowest BCUT2D eigenvalue weighted by atomic mass is 10.2. The monoisotopic (exact) mass is 273 g/mol. The minimum atomic E-state index is -0.425. The number of nitrogens with zero attached hydrogens (tertiary/aromatic N) is 4. The van der Waals surface area contributed by atoms with Crippen molar-refractivity contribution in [3.05, 3.63) is 34.5 Å². The molecule has 1 aromatic heterocycles. The molecule has 0 spiro atoms. The van der Waals surface area contributed by atoms with Crippen LogP contribution in [0.2, 0.25) is 0 Å². The molecule has 7 heteroatoms. The Balaban J connectivity index is 1.94. The Labute approximate surface area is 115 Å². The van der Waals surface area contributed by atoms with Crippen LogP contribution in [0.1, 0.15) is 6.42 Å². The van der Waals surface area contributed by atoms with Crippen LogP contribution in [0.15, 0.2) is 24.4 Å². The zero-order valence-electron chi connectivity index (χ0n) is 11.1. The maximum Gasteiger partial charge on any atom is 0.271 e. The minimum Gasteiger partial charge on any atom is -0.354 e. The summed E-state index contributed by atoms with van der Waals surface area (Å²) in [6.45, 7) is 1.96. The van der Waals surface area contributed by atoms with E-state index in [1.807, 2.05) is 7.05 Å². The molecule has 0 radical (unpaired) electrons. The summed E-state index contributed by atoms with van der Waals surface area (Å²) in [6.07, 6.45) is 2.75. The molecule has 1 aliphatic rings. The number of nitro benzene ring substituents is 1. The summed E-state index contributed by atoms with van der Waals surface area (Å²) in [5, 5.41) is 14.1. The molecule has 0 unspecified atom stereocenters. The fourth-order valence-electron chi connectivity index (χ4n) is 2.43. The van der Waals surface area contributed by atoms with Gasteiger partial charge in [-0.2, -0.15) is 0 Å². The quantitative estimate of drug-likeness (QED) is 0.671. The van der Waals surface area contributed by atoms with E-state index in [4.69, 9.17) is 0 Å². The van der Waals surface area contributed by atoms with Gasteiger partial charge in [0.2, 0.25) is 0 Å². The van der Waals surface area contributed by atoms with E-state index in [1.54, 1.807) is 12.3 Å². The van der Waals surface area contributed by atoms with Crippen LogP contribution in [0, 0.1) is 10.1 Å². The molecule has 1 saturated heterocycles. The molecule has 0 saturated carbocycles. The van der Waals surface area contributed by atoms with Gasteiger partial charge in [0.05, 0.1) is 22.2 Å². The van der Waals surface area contributed by atoms with E-state index in [9.17, 15) is 10.1 Å². The Morgan fingerprint density at radius 2 is 2.30 bits per heavy atom. The lowest BCUT2D eigenvalue weighted by Gasteiger charge is -2.24. The molecular weight excluding hydrogens is 258 g/mol. The zero-order valence-corrected chi connectivity index (χ0v) is 11.1. The average molecular weight is 273 g/mol. The van der Waals surface area contributed by atoms with Crippen molar-refractivity contribution in [3.63, 3.8) is 0 Å². The normalized spacial score (nSPS) is 18.4. The Bertz CT molecular complexity index is 654. The molecule has 1 fully saturated rings. The fraction of sp³-hybridized carbons (Fsp3) is 0.385. The summed E-state index contributed by atoms with van der Waals surface area (Å²) in [7, 11) is 2.00. The van der Waals surface area contributed by atoms with Gasteiger partial charge in [-0.1, -0.05) is 0 Å². The number of anilines is 1. The molecule has 20 heavy (non-hydrogen) atoms. The predicted molar refractivity (Wildman–Crippen MR) is 75.9 cm³/mol. The summed E-state index contributed by atoms with van der Waals surface area (Å²) in [6, 6.07) is 4.96. The average Bonchev–Trinajstić information content (AvgIpc) is 2.99. The highest BCUT2D eigenvalue weighted by molar-refractivity contribution is 5.78. The number of hydrogen-bond acceptors (Lipinski definition) is 6. The van der Waals surface area contributed by atoms with Gasteiger partial charge in [-0.25, -0.2) is 4.98 Å². The van der Waals surface area contributed by atoms with Crippen molar-refractivity contribution in [2.45, 2.75) is 12.5 Å². The van der Waals surface area contributed by atoms with Crippen LogP contribution in [0.25, 0.3) is 11.0 Å². The second-order valence-electron chi connectivity index (χ2n) is 4.92. The van der Waals surface area contributed by atoms with E-state index < -0.39 is 4.92 Å². The van der Waals surface area contributed by atoms with Gasteiger partial charge in [-0.15, -0.1) is 0 Å². The smallest absolute Gasteiger partial charge is 0.271 e. The Morgan fingerprint density at radius 1 is 1.45 bits per heavy atom. The van der Waals surface area contributed by atoms with Crippen LogP contribution >= 0.6 is 0 Å². The van der Waals surface area contributed by atoms with Crippen molar-refractivity contribution in [1.82, 2.24) is 15.3 Å². The molecule has 104 valence electrons. The van der Waals surface area contributed by atoms with Crippen molar-refractivity contribution < 1.29 is 4.92 Å². The number of rotatable bonds is 3. The number of benzene rings is 1. The lowest BCUT2D eigenvalue weighted by Crippen LogP contribution is -2.33. The maximum absolute atomic E-state index is 10.7. The number of nitro groups is 1. The topological polar surface area (TPSA) is 84.2 Å². The van der Waals surface area contributed by atoms with Crippen LogP contribution in [0.3, 0.4) is 0 Å².